The quantitative estimate of drug-likeness (QED) is 0.886. The van der Waals surface area contributed by atoms with Gasteiger partial charge in [0.2, 0.25) is 0 Å². The van der Waals surface area contributed by atoms with Crippen LogP contribution in [-0.4, -0.2) is 13.2 Å². The fourth-order valence-corrected chi connectivity index (χ4v) is 2.42. The number of hydrogen-bond acceptors (Lipinski definition) is 2. The number of ether oxygens (including phenoxy) is 1. The maximum atomic E-state index is 5.31. The smallest absolute Gasteiger partial charge is 0.121 e. The van der Waals surface area contributed by atoms with Crippen LogP contribution >= 0.6 is 0 Å². The second kappa shape index (κ2) is 5.68. The lowest BCUT2D eigenvalue weighted by Gasteiger charge is -2.09. The van der Waals surface area contributed by atoms with Crippen LogP contribution < -0.4 is 10.1 Å². The van der Waals surface area contributed by atoms with E-state index in [1.54, 1.807) is 7.11 Å². The first-order valence-corrected chi connectivity index (χ1v) is 7.23. The molecule has 0 bridgehead atoms. The molecule has 0 radical (unpaired) electrons. The Labute approximate surface area is 120 Å². The molecule has 1 saturated carbocycles. The first-order valence-electron chi connectivity index (χ1n) is 7.23. The molecule has 0 spiro atoms. The van der Waals surface area contributed by atoms with Crippen LogP contribution in [0, 0.1) is 6.92 Å². The molecule has 2 nitrogen and oxygen atoms in total. The molecule has 0 aromatic heterocycles. The average Bonchev–Trinajstić information content (AvgIpc) is 3.30. The van der Waals surface area contributed by atoms with Gasteiger partial charge in [-0.25, -0.2) is 0 Å². The molecule has 2 heteroatoms. The third-order valence-corrected chi connectivity index (χ3v) is 3.85. The summed E-state index contributed by atoms with van der Waals surface area (Å²) in [5.74, 6) is 0.944. The molecule has 3 rings (SSSR count). The van der Waals surface area contributed by atoms with Crippen LogP contribution in [0.25, 0.3) is 11.1 Å². The van der Waals surface area contributed by atoms with Crippen molar-refractivity contribution in [3.05, 3.63) is 53.6 Å². The third kappa shape index (κ3) is 3.02. The van der Waals surface area contributed by atoms with Gasteiger partial charge in [0.05, 0.1) is 7.11 Å². The molecule has 104 valence electrons. The number of hydrogen-bond donors (Lipinski definition) is 1. The maximum absolute atomic E-state index is 5.31. The second-order valence-electron chi connectivity index (χ2n) is 5.54. The molecule has 0 saturated heterocycles. The van der Waals surface area contributed by atoms with Crippen LogP contribution in [-0.2, 0) is 6.54 Å². The zero-order valence-electron chi connectivity index (χ0n) is 12.1. The van der Waals surface area contributed by atoms with Gasteiger partial charge in [-0.15, -0.1) is 0 Å². The van der Waals surface area contributed by atoms with E-state index in [1.165, 1.54) is 35.1 Å². The van der Waals surface area contributed by atoms with Crippen LogP contribution in [0.3, 0.4) is 0 Å². The summed E-state index contributed by atoms with van der Waals surface area (Å²) in [6.45, 7) is 3.06. The number of methoxy groups -OCH3 is 1. The number of nitrogens with one attached hydrogen (secondary N) is 1. The van der Waals surface area contributed by atoms with Crippen molar-refractivity contribution in [3.8, 4) is 16.9 Å². The molecular formula is C18H21NO. The van der Waals surface area contributed by atoms with Gasteiger partial charge in [0.1, 0.15) is 5.75 Å². The van der Waals surface area contributed by atoms with E-state index in [-0.39, 0.29) is 0 Å². The standard InChI is InChI=1S/C18H21NO/c1-13-11-16(7-10-18(13)20-2)15-5-3-14(4-6-15)12-19-17-8-9-17/h3-7,10-11,17,19H,8-9,12H2,1-2H3. The Hall–Kier alpha value is -1.80. The lowest BCUT2D eigenvalue weighted by Crippen LogP contribution is -2.14. The van der Waals surface area contributed by atoms with Crippen LogP contribution in [0.2, 0.25) is 0 Å². The van der Waals surface area contributed by atoms with Crippen molar-refractivity contribution in [2.75, 3.05) is 7.11 Å². The molecule has 1 fully saturated rings. The van der Waals surface area contributed by atoms with Crippen LogP contribution in [0.1, 0.15) is 24.0 Å². The van der Waals surface area contributed by atoms with E-state index in [1.807, 2.05) is 6.07 Å². The van der Waals surface area contributed by atoms with Gasteiger partial charge in [0.25, 0.3) is 0 Å². The lowest BCUT2D eigenvalue weighted by molar-refractivity contribution is 0.412. The number of aryl methyl sites for hydroxylation is 1. The Kier molecular flexibility index (Phi) is 3.75. The Morgan fingerprint density at radius 1 is 1.05 bits per heavy atom. The van der Waals surface area contributed by atoms with E-state index in [2.05, 4.69) is 48.6 Å². The molecule has 0 unspecified atom stereocenters. The van der Waals surface area contributed by atoms with Crippen LogP contribution in [0.15, 0.2) is 42.5 Å². The van der Waals surface area contributed by atoms with Crippen molar-refractivity contribution >= 4 is 0 Å². The first-order chi connectivity index (χ1) is 9.76. The summed E-state index contributed by atoms with van der Waals surface area (Å²) in [6, 6.07) is 15.9. The predicted molar refractivity (Wildman–Crippen MR) is 83.0 cm³/mol. The SMILES string of the molecule is COc1ccc(-c2ccc(CNC3CC3)cc2)cc1C. The van der Waals surface area contributed by atoms with Gasteiger partial charge in [-0.1, -0.05) is 30.3 Å². The van der Waals surface area contributed by atoms with E-state index in [4.69, 9.17) is 4.74 Å². The molecular weight excluding hydrogens is 246 g/mol. The highest BCUT2D eigenvalue weighted by Crippen LogP contribution is 2.26. The van der Waals surface area contributed by atoms with Crippen molar-refractivity contribution in [1.29, 1.82) is 0 Å². The van der Waals surface area contributed by atoms with Gasteiger partial charge >= 0.3 is 0 Å². The average molecular weight is 267 g/mol. The lowest BCUT2D eigenvalue weighted by atomic mass is 10.0. The minimum absolute atomic E-state index is 0.763. The van der Waals surface area contributed by atoms with Gasteiger partial charge in [0, 0.05) is 12.6 Å². The van der Waals surface area contributed by atoms with Crippen molar-refractivity contribution in [2.24, 2.45) is 0 Å². The Bertz CT molecular complexity index is 585. The Morgan fingerprint density at radius 3 is 2.35 bits per heavy atom. The molecule has 2 aromatic rings. The largest absolute Gasteiger partial charge is 0.496 e. The molecule has 0 atom stereocenters. The minimum atomic E-state index is 0.763. The van der Waals surface area contributed by atoms with Crippen LogP contribution in [0.4, 0.5) is 0 Å². The van der Waals surface area contributed by atoms with Crippen LogP contribution in [0.5, 0.6) is 5.75 Å². The van der Waals surface area contributed by atoms with Crippen molar-refractivity contribution < 1.29 is 4.74 Å². The number of rotatable bonds is 5. The van der Waals surface area contributed by atoms with E-state index in [9.17, 15) is 0 Å². The van der Waals surface area contributed by atoms with Crippen molar-refractivity contribution in [2.45, 2.75) is 32.4 Å². The molecule has 1 aliphatic carbocycles. The van der Waals surface area contributed by atoms with Gasteiger partial charge < -0.3 is 10.1 Å². The zero-order chi connectivity index (χ0) is 13.9. The zero-order valence-corrected chi connectivity index (χ0v) is 12.1. The molecule has 20 heavy (non-hydrogen) atoms. The normalized spacial score (nSPS) is 14.3. The highest BCUT2D eigenvalue weighted by molar-refractivity contribution is 5.65. The topological polar surface area (TPSA) is 21.3 Å². The molecule has 0 amide bonds. The fraction of sp³-hybridized carbons (Fsp3) is 0.333. The van der Waals surface area contributed by atoms with E-state index in [0.29, 0.717) is 0 Å². The summed E-state index contributed by atoms with van der Waals surface area (Å²) in [4.78, 5) is 0. The predicted octanol–water partition coefficient (Wildman–Crippen LogP) is 3.92. The summed E-state index contributed by atoms with van der Waals surface area (Å²) < 4.78 is 5.31. The Morgan fingerprint density at radius 2 is 1.75 bits per heavy atom. The molecule has 0 heterocycles. The van der Waals surface area contributed by atoms with Gasteiger partial charge in [-0.3, -0.25) is 0 Å². The van der Waals surface area contributed by atoms with E-state index in [0.717, 1.165) is 18.3 Å². The minimum Gasteiger partial charge on any atom is -0.496 e. The summed E-state index contributed by atoms with van der Waals surface area (Å²) >= 11 is 0. The molecule has 1 aliphatic rings. The highest BCUT2D eigenvalue weighted by Gasteiger charge is 2.19. The van der Waals surface area contributed by atoms with Crippen molar-refractivity contribution in [3.63, 3.8) is 0 Å². The molecule has 1 N–H and O–H groups in total. The Balaban J connectivity index is 1.74. The maximum Gasteiger partial charge on any atom is 0.121 e. The summed E-state index contributed by atoms with van der Waals surface area (Å²) in [5.41, 5.74) is 5.02. The number of benzene rings is 2. The van der Waals surface area contributed by atoms with Gasteiger partial charge in [-0.2, -0.15) is 0 Å². The monoisotopic (exact) mass is 267 g/mol. The van der Waals surface area contributed by atoms with E-state index < -0.39 is 0 Å². The second-order valence-corrected chi connectivity index (χ2v) is 5.54. The summed E-state index contributed by atoms with van der Waals surface area (Å²) in [7, 11) is 1.71. The summed E-state index contributed by atoms with van der Waals surface area (Å²) in [5, 5.41) is 3.54. The fourth-order valence-electron chi connectivity index (χ4n) is 2.42. The molecule has 0 aliphatic heterocycles. The van der Waals surface area contributed by atoms with Gasteiger partial charge in [0.15, 0.2) is 0 Å². The first kappa shape index (κ1) is 13.2. The van der Waals surface area contributed by atoms with E-state index >= 15 is 0 Å². The molecule has 2 aromatic carbocycles. The highest BCUT2D eigenvalue weighted by atomic mass is 16.5. The third-order valence-electron chi connectivity index (χ3n) is 3.85. The van der Waals surface area contributed by atoms with Gasteiger partial charge in [-0.05, 0) is 54.2 Å². The summed E-state index contributed by atoms with van der Waals surface area (Å²) in [6.07, 6.45) is 2.67. The van der Waals surface area contributed by atoms with Crippen molar-refractivity contribution in [1.82, 2.24) is 5.32 Å².